The van der Waals surface area contributed by atoms with Crippen LogP contribution in [0.25, 0.3) is 0 Å². The van der Waals surface area contributed by atoms with Crippen LogP contribution in [-0.4, -0.2) is 83.3 Å². The summed E-state index contributed by atoms with van der Waals surface area (Å²) in [6, 6.07) is 10.00. The molecule has 7 nitrogen and oxygen atoms in total. The maximum absolute atomic E-state index is 13.3. The van der Waals surface area contributed by atoms with Crippen LogP contribution in [0.2, 0.25) is 0 Å². The first-order chi connectivity index (χ1) is 13.9. The molecule has 4 rings (SSSR count). The Morgan fingerprint density at radius 3 is 2.55 bits per heavy atom. The van der Waals surface area contributed by atoms with Gasteiger partial charge in [0, 0.05) is 33.2 Å². The number of fused-ring (bicyclic) bond motifs is 3. The molecular weight excluding hydrogens is 366 g/mol. The SMILES string of the molecule is CC(C)CN1C(=O)C2C(NC3N(CCc4ccccc4)CC(C)CN23)N(C)C1=O. The minimum atomic E-state index is -0.316. The van der Waals surface area contributed by atoms with Crippen LogP contribution in [0.15, 0.2) is 30.3 Å². The molecule has 1 aromatic carbocycles. The number of hydrogen-bond donors (Lipinski definition) is 1. The molecular formula is C22H33N5O2. The fraction of sp³-hybridized carbons (Fsp3) is 0.636. The monoisotopic (exact) mass is 399 g/mol. The molecule has 7 heteroatoms. The van der Waals surface area contributed by atoms with E-state index < -0.39 is 0 Å². The van der Waals surface area contributed by atoms with Gasteiger partial charge in [-0.3, -0.25) is 24.8 Å². The molecule has 3 fully saturated rings. The van der Waals surface area contributed by atoms with Crippen LogP contribution in [0, 0.1) is 11.8 Å². The lowest BCUT2D eigenvalue weighted by atomic mass is 10.0. The Kier molecular flexibility index (Phi) is 5.64. The van der Waals surface area contributed by atoms with Crippen molar-refractivity contribution < 1.29 is 9.59 Å². The van der Waals surface area contributed by atoms with Crippen molar-refractivity contribution in [3.05, 3.63) is 35.9 Å². The fourth-order valence-electron chi connectivity index (χ4n) is 4.95. The van der Waals surface area contributed by atoms with Crippen molar-refractivity contribution in [2.75, 3.05) is 33.2 Å². The van der Waals surface area contributed by atoms with E-state index in [0.717, 1.165) is 26.1 Å². The van der Waals surface area contributed by atoms with E-state index >= 15 is 0 Å². The average molecular weight is 400 g/mol. The van der Waals surface area contributed by atoms with E-state index in [0.29, 0.717) is 12.5 Å². The second kappa shape index (κ2) is 8.05. The van der Waals surface area contributed by atoms with Crippen LogP contribution in [0.4, 0.5) is 4.79 Å². The molecule has 4 unspecified atom stereocenters. The molecule has 0 aliphatic carbocycles. The lowest BCUT2D eigenvalue weighted by Gasteiger charge is -2.45. The predicted molar refractivity (Wildman–Crippen MR) is 112 cm³/mol. The van der Waals surface area contributed by atoms with Crippen LogP contribution in [0.3, 0.4) is 0 Å². The van der Waals surface area contributed by atoms with Crippen molar-refractivity contribution in [2.45, 2.75) is 45.7 Å². The summed E-state index contributed by atoms with van der Waals surface area (Å²) in [5.41, 5.74) is 1.32. The summed E-state index contributed by atoms with van der Waals surface area (Å²) in [4.78, 5) is 34.0. The Balaban J connectivity index is 1.54. The molecule has 4 atom stereocenters. The minimum absolute atomic E-state index is 0.0110. The molecule has 158 valence electrons. The van der Waals surface area contributed by atoms with E-state index in [1.54, 1.807) is 4.90 Å². The standard InChI is InChI=1S/C22H33N5O2/c1-15(2)12-27-20(28)18-19(24(4)22(27)29)23-21-25(13-16(3)14-26(18)21)11-10-17-8-6-5-7-9-17/h5-9,15-16,18-19,21,23H,10-14H2,1-4H3. The number of nitrogens with one attached hydrogen (secondary N) is 1. The Bertz CT molecular complexity index is 755. The number of hydrogen-bond acceptors (Lipinski definition) is 5. The second-order valence-corrected chi connectivity index (χ2v) is 9.20. The normalized spacial score (nSPS) is 30.8. The third kappa shape index (κ3) is 3.79. The maximum Gasteiger partial charge on any atom is 0.327 e. The molecule has 1 aromatic rings. The Morgan fingerprint density at radius 2 is 1.86 bits per heavy atom. The molecule has 3 heterocycles. The smallest absolute Gasteiger partial charge is 0.310 e. The summed E-state index contributed by atoms with van der Waals surface area (Å²) in [7, 11) is 1.81. The summed E-state index contributed by atoms with van der Waals surface area (Å²) < 4.78 is 0. The topological polar surface area (TPSA) is 59.1 Å². The molecule has 3 aliphatic heterocycles. The number of imide groups is 1. The average Bonchev–Trinajstić information content (AvgIpc) is 3.08. The van der Waals surface area contributed by atoms with Crippen molar-refractivity contribution in [2.24, 2.45) is 11.8 Å². The summed E-state index contributed by atoms with van der Waals surface area (Å²) in [6.07, 6.45) is 0.688. The number of likely N-dealkylation sites (N-methyl/N-ethyl adjacent to an activating group) is 1. The highest BCUT2D eigenvalue weighted by Crippen LogP contribution is 2.32. The highest BCUT2D eigenvalue weighted by Gasteiger charge is 2.56. The van der Waals surface area contributed by atoms with Gasteiger partial charge in [0.25, 0.3) is 5.91 Å². The number of nitrogens with zero attached hydrogens (tertiary/aromatic N) is 4. The van der Waals surface area contributed by atoms with Crippen LogP contribution in [0.1, 0.15) is 26.3 Å². The molecule has 0 aromatic heterocycles. The number of carbonyl (C=O) groups is 2. The summed E-state index contributed by atoms with van der Waals surface area (Å²) in [6.45, 7) is 9.56. The van der Waals surface area contributed by atoms with E-state index in [4.69, 9.17) is 0 Å². The largest absolute Gasteiger partial charge is 0.327 e. The Morgan fingerprint density at radius 1 is 1.14 bits per heavy atom. The molecule has 0 saturated carbocycles. The molecule has 1 N–H and O–H groups in total. The van der Waals surface area contributed by atoms with Crippen LogP contribution in [0.5, 0.6) is 0 Å². The second-order valence-electron chi connectivity index (χ2n) is 9.20. The van der Waals surface area contributed by atoms with Gasteiger partial charge in [0.1, 0.15) is 18.5 Å². The zero-order valence-electron chi connectivity index (χ0n) is 17.9. The van der Waals surface area contributed by atoms with E-state index in [2.05, 4.69) is 46.3 Å². The number of carbonyl (C=O) groups excluding carboxylic acids is 2. The van der Waals surface area contributed by atoms with Gasteiger partial charge in [-0.2, -0.15) is 0 Å². The Hall–Kier alpha value is -1.96. The summed E-state index contributed by atoms with van der Waals surface area (Å²) in [5.74, 6) is 0.663. The van der Waals surface area contributed by atoms with Gasteiger partial charge in [0.05, 0.1) is 0 Å². The van der Waals surface area contributed by atoms with E-state index in [1.807, 2.05) is 27.0 Å². The molecule has 0 spiro atoms. The van der Waals surface area contributed by atoms with Crippen molar-refractivity contribution in [3.8, 4) is 0 Å². The molecule has 29 heavy (non-hydrogen) atoms. The first-order valence-electron chi connectivity index (χ1n) is 10.7. The number of urea groups is 1. The third-order valence-electron chi connectivity index (χ3n) is 6.25. The van der Waals surface area contributed by atoms with Gasteiger partial charge in [-0.1, -0.05) is 51.1 Å². The van der Waals surface area contributed by atoms with Gasteiger partial charge >= 0.3 is 6.03 Å². The highest BCUT2D eigenvalue weighted by molar-refractivity contribution is 6.00. The zero-order valence-corrected chi connectivity index (χ0v) is 17.9. The van der Waals surface area contributed by atoms with Crippen LogP contribution >= 0.6 is 0 Å². The molecule has 0 bridgehead atoms. The molecule has 3 aliphatic rings. The fourth-order valence-corrected chi connectivity index (χ4v) is 4.95. The lowest BCUT2D eigenvalue weighted by Crippen LogP contribution is -2.67. The number of amides is 3. The van der Waals surface area contributed by atoms with Gasteiger partial charge in [-0.15, -0.1) is 0 Å². The van der Waals surface area contributed by atoms with Crippen LogP contribution < -0.4 is 5.32 Å². The maximum atomic E-state index is 13.3. The molecule has 0 radical (unpaired) electrons. The molecule has 3 saturated heterocycles. The Labute approximate surface area is 173 Å². The van der Waals surface area contributed by atoms with Crippen molar-refractivity contribution in [1.29, 1.82) is 0 Å². The van der Waals surface area contributed by atoms with E-state index in [9.17, 15) is 9.59 Å². The number of rotatable bonds is 5. The minimum Gasteiger partial charge on any atom is -0.310 e. The first-order valence-corrected chi connectivity index (χ1v) is 10.7. The van der Waals surface area contributed by atoms with Crippen LogP contribution in [-0.2, 0) is 11.2 Å². The summed E-state index contributed by atoms with van der Waals surface area (Å²) in [5, 5.41) is 3.60. The van der Waals surface area contributed by atoms with E-state index in [1.165, 1.54) is 10.5 Å². The first kappa shape index (κ1) is 20.3. The molecule has 3 amide bonds. The van der Waals surface area contributed by atoms with Gasteiger partial charge in [0.2, 0.25) is 0 Å². The third-order valence-corrected chi connectivity index (χ3v) is 6.25. The van der Waals surface area contributed by atoms with Gasteiger partial charge in [0.15, 0.2) is 0 Å². The zero-order chi connectivity index (χ0) is 20.7. The van der Waals surface area contributed by atoms with Crippen molar-refractivity contribution in [1.82, 2.24) is 24.9 Å². The van der Waals surface area contributed by atoms with Crippen molar-refractivity contribution >= 4 is 11.9 Å². The highest BCUT2D eigenvalue weighted by atomic mass is 16.2. The van der Waals surface area contributed by atoms with Gasteiger partial charge in [-0.25, -0.2) is 4.79 Å². The van der Waals surface area contributed by atoms with Crippen molar-refractivity contribution in [3.63, 3.8) is 0 Å². The van der Waals surface area contributed by atoms with Gasteiger partial charge in [-0.05, 0) is 23.8 Å². The van der Waals surface area contributed by atoms with E-state index in [-0.39, 0.29) is 36.4 Å². The van der Waals surface area contributed by atoms with Gasteiger partial charge < -0.3 is 4.90 Å². The quantitative estimate of drug-likeness (QED) is 0.815. The predicted octanol–water partition coefficient (Wildman–Crippen LogP) is 1.61. The summed E-state index contributed by atoms with van der Waals surface area (Å²) >= 11 is 0. The lowest BCUT2D eigenvalue weighted by molar-refractivity contribution is -0.141. The number of benzene rings is 1.